The fraction of sp³-hybridized carbons (Fsp3) is 0.182. The van der Waals surface area contributed by atoms with Gasteiger partial charge in [-0.2, -0.15) is 5.10 Å². The number of rotatable bonds is 5. The quantitative estimate of drug-likeness (QED) is 0.539. The zero-order valence-corrected chi connectivity index (χ0v) is 16.5. The fourth-order valence-corrected chi connectivity index (χ4v) is 3.26. The molecule has 2 N–H and O–H groups in total. The summed E-state index contributed by atoms with van der Waals surface area (Å²) in [6, 6.07) is 9.63. The van der Waals surface area contributed by atoms with E-state index in [-0.39, 0.29) is 11.9 Å². The lowest BCUT2D eigenvalue weighted by Crippen LogP contribution is -2.13. The third kappa shape index (κ3) is 3.94. The molecule has 0 saturated heterocycles. The third-order valence-electron chi connectivity index (χ3n) is 4.83. The van der Waals surface area contributed by atoms with Gasteiger partial charge in [0.1, 0.15) is 0 Å². The Morgan fingerprint density at radius 3 is 2.72 bits per heavy atom. The van der Waals surface area contributed by atoms with Crippen molar-refractivity contribution in [3.63, 3.8) is 0 Å². The normalized spacial score (nSPS) is 12.0. The molecule has 1 atom stereocenters. The van der Waals surface area contributed by atoms with E-state index >= 15 is 0 Å². The van der Waals surface area contributed by atoms with Gasteiger partial charge in [0.15, 0.2) is 0 Å². The van der Waals surface area contributed by atoms with Gasteiger partial charge in [0.05, 0.1) is 35.4 Å². The van der Waals surface area contributed by atoms with Crippen LogP contribution in [0.4, 0.5) is 11.4 Å². The molecule has 3 aromatic heterocycles. The summed E-state index contributed by atoms with van der Waals surface area (Å²) >= 11 is 0. The van der Waals surface area contributed by atoms with Crippen molar-refractivity contribution in [2.45, 2.75) is 19.9 Å². The third-order valence-corrected chi connectivity index (χ3v) is 4.83. The van der Waals surface area contributed by atoms with Crippen LogP contribution in [0.3, 0.4) is 0 Å². The lowest BCUT2D eigenvalue weighted by molar-refractivity contribution is 0.102. The van der Waals surface area contributed by atoms with Crippen LogP contribution < -0.4 is 10.6 Å². The molecular weight excluding hydrogens is 364 g/mol. The van der Waals surface area contributed by atoms with Crippen LogP contribution in [0, 0.1) is 6.92 Å². The van der Waals surface area contributed by atoms with Gasteiger partial charge in [0.2, 0.25) is 0 Å². The van der Waals surface area contributed by atoms with E-state index in [1.807, 2.05) is 50.5 Å². The zero-order chi connectivity index (χ0) is 20.4. The second kappa shape index (κ2) is 7.71. The van der Waals surface area contributed by atoms with Crippen molar-refractivity contribution in [2.24, 2.45) is 7.05 Å². The second-order valence-electron chi connectivity index (χ2n) is 7.08. The number of hydrogen-bond donors (Lipinski definition) is 2. The smallest absolute Gasteiger partial charge is 0.257 e. The first-order valence-electron chi connectivity index (χ1n) is 9.36. The van der Waals surface area contributed by atoms with Crippen LogP contribution in [-0.2, 0) is 7.05 Å². The minimum atomic E-state index is -0.178. The monoisotopic (exact) mass is 386 g/mol. The van der Waals surface area contributed by atoms with Crippen molar-refractivity contribution in [2.75, 3.05) is 10.6 Å². The maximum absolute atomic E-state index is 12.5. The Hall–Kier alpha value is -3.74. The SMILES string of the molecule is Cc1cncc(C(=O)Nc2cccc([C@H](C)Nc3cncc4c3cnn4C)c2)c1. The lowest BCUT2D eigenvalue weighted by atomic mass is 10.1. The van der Waals surface area contributed by atoms with Crippen molar-refractivity contribution < 1.29 is 4.79 Å². The molecule has 29 heavy (non-hydrogen) atoms. The van der Waals surface area contributed by atoms with Gasteiger partial charge in [-0.05, 0) is 43.2 Å². The largest absolute Gasteiger partial charge is 0.377 e. The molecule has 0 bridgehead atoms. The highest BCUT2D eigenvalue weighted by molar-refractivity contribution is 6.04. The van der Waals surface area contributed by atoms with Gasteiger partial charge in [0.25, 0.3) is 5.91 Å². The van der Waals surface area contributed by atoms with Crippen LogP contribution in [0.2, 0.25) is 0 Å². The number of aryl methyl sites for hydroxylation is 2. The second-order valence-corrected chi connectivity index (χ2v) is 7.08. The van der Waals surface area contributed by atoms with Gasteiger partial charge in [-0.25, -0.2) is 0 Å². The highest BCUT2D eigenvalue weighted by atomic mass is 16.1. The summed E-state index contributed by atoms with van der Waals surface area (Å²) in [6.45, 7) is 3.98. The van der Waals surface area contributed by atoms with E-state index in [1.54, 1.807) is 29.5 Å². The Labute approximate surface area is 168 Å². The molecule has 0 unspecified atom stereocenters. The van der Waals surface area contributed by atoms with Crippen LogP contribution in [-0.4, -0.2) is 25.7 Å². The number of nitrogens with one attached hydrogen (secondary N) is 2. The molecule has 4 aromatic rings. The van der Waals surface area contributed by atoms with Crippen LogP contribution in [0.25, 0.3) is 10.9 Å². The number of pyridine rings is 2. The van der Waals surface area contributed by atoms with E-state index in [4.69, 9.17) is 0 Å². The number of hydrogen-bond acceptors (Lipinski definition) is 5. The molecule has 1 aromatic carbocycles. The number of aromatic nitrogens is 4. The molecule has 0 saturated carbocycles. The van der Waals surface area contributed by atoms with E-state index in [0.717, 1.165) is 33.4 Å². The summed E-state index contributed by atoms with van der Waals surface area (Å²) in [7, 11) is 1.90. The van der Waals surface area contributed by atoms with Crippen molar-refractivity contribution in [1.29, 1.82) is 0 Å². The van der Waals surface area contributed by atoms with Crippen LogP contribution in [0.1, 0.15) is 34.5 Å². The van der Waals surface area contributed by atoms with Gasteiger partial charge < -0.3 is 10.6 Å². The Bertz CT molecular complexity index is 1180. The number of nitrogens with zero attached hydrogens (tertiary/aromatic N) is 4. The van der Waals surface area contributed by atoms with E-state index in [0.29, 0.717) is 5.56 Å². The van der Waals surface area contributed by atoms with Gasteiger partial charge in [-0.1, -0.05) is 12.1 Å². The maximum Gasteiger partial charge on any atom is 0.257 e. The molecule has 1 amide bonds. The van der Waals surface area contributed by atoms with Crippen LogP contribution in [0.5, 0.6) is 0 Å². The van der Waals surface area contributed by atoms with Crippen molar-refractivity contribution in [3.05, 3.63) is 78.0 Å². The zero-order valence-electron chi connectivity index (χ0n) is 16.5. The van der Waals surface area contributed by atoms with Crippen LogP contribution in [0.15, 0.2) is 61.3 Å². The molecule has 0 aliphatic rings. The number of fused-ring (bicyclic) bond motifs is 1. The molecule has 0 aliphatic heterocycles. The first kappa shape index (κ1) is 18.6. The first-order valence-corrected chi connectivity index (χ1v) is 9.36. The Kier molecular flexibility index (Phi) is 4.95. The standard InChI is InChI=1S/C22H22N6O/c1-14-7-17(10-23-9-14)22(29)27-18-6-4-5-16(8-18)15(2)26-20-12-24-13-21-19(20)11-25-28(21)3/h4-13,15,26H,1-3H3,(H,27,29)/t15-/m0/s1. The fourth-order valence-electron chi connectivity index (χ4n) is 3.26. The highest BCUT2D eigenvalue weighted by Gasteiger charge is 2.12. The molecule has 0 spiro atoms. The van der Waals surface area contributed by atoms with Crippen LogP contribution >= 0.6 is 0 Å². The van der Waals surface area contributed by atoms with Gasteiger partial charge in [0, 0.05) is 36.6 Å². The summed E-state index contributed by atoms with van der Waals surface area (Å²) in [4.78, 5) is 20.9. The highest BCUT2D eigenvalue weighted by Crippen LogP contribution is 2.27. The average Bonchev–Trinajstić information content (AvgIpc) is 3.10. The Morgan fingerprint density at radius 1 is 1.07 bits per heavy atom. The van der Waals surface area contributed by atoms with Gasteiger partial charge in [-0.15, -0.1) is 0 Å². The maximum atomic E-state index is 12.5. The topological polar surface area (TPSA) is 84.7 Å². The predicted molar refractivity (Wildman–Crippen MR) is 114 cm³/mol. The molecule has 4 rings (SSSR count). The number of benzene rings is 1. The van der Waals surface area contributed by atoms with Crippen molar-refractivity contribution in [3.8, 4) is 0 Å². The lowest BCUT2D eigenvalue weighted by Gasteiger charge is -2.17. The molecule has 0 fully saturated rings. The minimum absolute atomic E-state index is 0.0140. The molecule has 0 aliphatic carbocycles. The molecule has 7 heteroatoms. The van der Waals surface area contributed by atoms with E-state index in [1.165, 1.54) is 0 Å². The molecule has 3 heterocycles. The predicted octanol–water partition coefficient (Wildman–Crippen LogP) is 4.10. The number of amides is 1. The first-order chi connectivity index (χ1) is 14.0. The summed E-state index contributed by atoms with van der Waals surface area (Å²) < 4.78 is 1.80. The number of anilines is 2. The molecular formula is C22H22N6O. The minimum Gasteiger partial charge on any atom is -0.377 e. The summed E-state index contributed by atoms with van der Waals surface area (Å²) in [5.41, 5.74) is 5.16. The van der Waals surface area contributed by atoms with E-state index < -0.39 is 0 Å². The van der Waals surface area contributed by atoms with E-state index in [9.17, 15) is 4.79 Å². The average molecular weight is 386 g/mol. The molecule has 0 radical (unpaired) electrons. The summed E-state index contributed by atoms with van der Waals surface area (Å²) in [6.07, 6.45) is 8.73. The Morgan fingerprint density at radius 2 is 1.90 bits per heavy atom. The molecule has 7 nitrogen and oxygen atoms in total. The van der Waals surface area contributed by atoms with Crippen molar-refractivity contribution in [1.82, 2.24) is 19.7 Å². The van der Waals surface area contributed by atoms with E-state index in [2.05, 4.69) is 32.6 Å². The van der Waals surface area contributed by atoms with Crippen molar-refractivity contribution >= 4 is 28.2 Å². The number of carbonyl (C=O) groups excluding carboxylic acids is 1. The Balaban J connectivity index is 1.52. The molecule has 146 valence electrons. The number of carbonyl (C=O) groups is 1. The van der Waals surface area contributed by atoms with Gasteiger partial charge >= 0.3 is 0 Å². The van der Waals surface area contributed by atoms with Gasteiger partial charge in [-0.3, -0.25) is 19.4 Å². The summed E-state index contributed by atoms with van der Waals surface area (Å²) in [5.74, 6) is -0.178. The summed E-state index contributed by atoms with van der Waals surface area (Å²) in [5, 5.41) is 11.8.